The highest BCUT2D eigenvalue weighted by molar-refractivity contribution is 8.00. The quantitative estimate of drug-likeness (QED) is 0.173. The molecule has 2 aromatic heterocycles. The summed E-state index contributed by atoms with van der Waals surface area (Å²) in [6.07, 6.45) is 49.5. The zero-order valence-electron chi connectivity index (χ0n) is 43.4. The van der Waals surface area contributed by atoms with Crippen molar-refractivity contribution in [3.05, 3.63) is 189 Å². The van der Waals surface area contributed by atoms with Gasteiger partial charge in [0.15, 0.2) is 6.17 Å². The molecule has 1 fully saturated rings. The van der Waals surface area contributed by atoms with E-state index in [4.69, 9.17) is 9.98 Å². The van der Waals surface area contributed by atoms with Crippen LogP contribution < -0.4 is 20.8 Å². The number of anilines is 1. The van der Waals surface area contributed by atoms with E-state index in [1.165, 1.54) is 126 Å². The second-order valence-corrected chi connectivity index (χ2v) is 25.5. The van der Waals surface area contributed by atoms with Gasteiger partial charge in [-0.05, 0) is 185 Å². The fourth-order valence-corrected chi connectivity index (χ4v) is 18.4. The van der Waals surface area contributed by atoms with Crippen molar-refractivity contribution >= 4 is 95.0 Å². The predicted octanol–water partition coefficient (Wildman–Crippen LogP) is 16.6. The van der Waals surface area contributed by atoms with Crippen LogP contribution in [0.25, 0.3) is 54.5 Å². The van der Waals surface area contributed by atoms with Gasteiger partial charge in [-0.3, -0.25) is 0 Å². The van der Waals surface area contributed by atoms with Gasteiger partial charge in [0.2, 0.25) is 0 Å². The third-order valence-electron chi connectivity index (χ3n) is 19.0. The number of thiophene rings is 1. The summed E-state index contributed by atoms with van der Waals surface area (Å²) in [5.41, 5.74) is 15.5. The van der Waals surface area contributed by atoms with E-state index in [2.05, 4.69) is 178 Å². The molecule has 7 aliphatic carbocycles. The Bertz CT molecular complexity index is 3900. The monoisotopic (exact) mass is 1030 g/mol. The Hall–Kier alpha value is -6.41. The molecule has 0 radical (unpaired) electrons. The molecule has 16 rings (SSSR count). The van der Waals surface area contributed by atoms with Crippen LogP contribution in [0.5, 0.6) is 0 Å². The van der Waals surface area contributed by atoms with Crippen LogP contribution in [-0.2, 0) is 0 Å². The van der Waals surface area contributed by atoms with Crippen molar-refractivity contribution in [1.82, 2.24) is 9.88 Å². The fourth-order valence-electron chi connectivity index (χ4n) is 15.4. The van der Waals surface area contributed by atoms with E-state index in [9.17, 15) is 0 Å². The molecule has 4 aromatic carbocycles. The van der Waals surface area contributed by atoms with Gasteiger partial charge < -0.3 is 14.8 Å². The number of benzene rings is 4. The number of nitrogens with zero attached hydrogens (tertiary/aromatic N) is 4. The average molecular weight is 1030 g/mol. The van der Waals surface area contributed by atoms with Crippen LogP contribution in [0.2, 0.25) is 0 Å². The molecule has 7 heteroatoms. The number of nitrogens with one attached hydrogen (secondary N) is 1. The average Bonchev–Trinajstić information content (AvgIpc) is 4.37. The Morgan fingerprint density at radius 1 is 0.724 bits per heavy atom. The van der Waals surface area contributed by atoms with Crippen molar-refractivity contribution in [2.24, 2.45) is 27.7 Å². The summed E-state index contributed by atoms with van der Waals surface area (Å²) in [6, 6.07) is 28.2. The van der Waals surface area contributed by atoms with E-state index >= 15 is 0 Å². The van der Waals surface area contributed by atoms with Gasteiger partial charge in [-0.1, -0.05) is 115 Å². The van der Waals surface area contributed by atoms with Crippen LogP contribution in [-0.4, -0.2) is 21.5 Å². The lowest BCUT2D eigenvalue weighted by Gasteiger charge is -2.42. The van der Waals surface area contributed by atoms with E-state index in [0.717, 1.165) is 75.0 Å². The maximum absolute atomic E-state index is 5.69. The number of allylic oxidation sites excluding steroid dienone is 13. The van der Waals surface area contributed by atoms with Crippen LogP contribution in [0.4, 0.5) is 5.69 Å². The normalized spacial score (nSPS) is 27.4. The van der Waals surface area contributed by atoms with Crippen LogP contribution in [0.1, 0.15) is 143 Å². The van der Waals surface area contributed by atoms with Crippen LogP contribution in [0, 0.1) is 17.8 Å². The molecular weight excluding hydrogens is 963 g/mol. The lowest BCUT2D eigenvalue weighted by molar-refractivity contribution is 0.201. The first-order valence-electron chi connectivity index (χ1n) is 29.0. The molecule has 1 saturated carbocycles. The minimum Gasteiger partial charge on any atom is -0.328 e. The predicted molar refractivity (Wildman–Crippen MR) is 323 cm³/mol. The van der Waals surface area contributed by atoms with Crippen molar-refractivity contribution in [3.8, 4) is 0 Å². The first-order valence-corrected chi connectivity index (χ1v) is 30.7. The van der Waals surface area contributed by atoms with E-state index in [1.807, 2.05) is 11.3 Å². The molecule has 0 spiro atoms. The Morgan fingerprint density at radius 2 is 1.66 bits per heavy atom. The van der Waals surface area contributed by atoms with Gasteiger partial charge >= 0.3 is 0 Å². The summed E-state index contributed by atoms with van der Waals surface area (Å²) >= 11 is 4.24. The molecule has 0 amide bonds. The summed E-state index contributed by atoms with van der Waals surface area (Å²) in [4.78, 5) is 15.2. The summed E-state index contributed by atoms with van der Waals surface area (Å²) < 4.78 is 5.51. The molecule has 6 unspecified atom stereocenters. The van der Waals surface area contributed by atoms with Gasteiger partial charge in [0.1, 0.15) is 11.7 Å². The molecule has 5 heterocycles. The minimum absolute atomic E-state index is 0.143. The standard InChI is InChI=1S/C69H65N5S2/c1-5-17-42(18-6-1)67-70-68(43-19-7-2-8-20-43)72-69(71-67)56-40-44(45-30-37-61-54(39-45)50-33-35-59-63(65(50)75-61)52-25-13-15-27-57(52)73(59)47-21-9-3-10-22-47)29-32-49(56)46-31-38-62-55(41-46)51-34-36-60-64(66(51)76-62)53-26-14-16-28-58(53)74(60)48-23-11-4-12-24-48/h1-2,5-7,9,13,15,17-19,21-23,26-28,30,33-37,39-40,46,49,52,55-56,62,67H,3-4,8,10-12,14,16,20,24-25,29,31-32,38,41H2,(H,70,71,72)/t46?,49-,52?,55?,56?,62?,67?/m1/s1. The topological polar surface area (TPSA) is 44.9 Å². The third kappa shape index (κ3) is 7.45. The maximum Gasteiger partial charge on any atom is 0.169 e. The first-order chi connectivity index (χ1) is 37.7. The Labute approximate surface area is 455 Å². The summed E-state index contributed by atoms with van der Waals surface area (Å²) in [5, 5.41) is 12.0. The number of fused-ring (bicyclic) bond motifs is 14. The van der Waals surface area contributed by atoms with Gasteiger partial charge in [0.05, 0.1) is 11.2 Å². The molecular formula is C69H65N5S2. The highest BCUT2D eigenvalue weighted by atomic mass is 32.2. The van der Waals surface area contributed by atoms with E-state index in [1.54, 1.807) is 15.8 Å². The van der Waals surface area contributed by atoms with Gasteiger partial charge in [-0.25, -0.2) is 9.98 Å². The van der Waals surface area contributed by atoms with E-state index < -0.39 is 0 Å². The number of aliphatic imine (C=N–C) groups is 2. The Balaban J connectivity index is 0.787. The number of hydrogen-bond donors (Lipinski definition) is 1. The third-order valence-corrected chi connectivity index (χ3v) is 21.8. The molecule has 378 valence electrons. The zero-order valence-corrected chi connectivity index (χ0v) is 45.0. The van der Waals surface area contributed by atoms with Crippen molar-refractivity contribution < 1.29 is 0 Å². The number of aromatic nitrogens is 1. The molecule has 5 nitrogen and oxygen atoms in total. The maximum atomic E-state index is 5.69. The smallest absolute Gasteiger partial charge is 0.169 e. The second kappa shape index (κ2) is 18.7. The second-order valence-electron chi connectivity index (χ2n) is 23.2. The molecule has 76 heavy (non-hydrogen) atoms. The molecule has 7 atom stereocenters. The first kappa shape index (κ1) is 45.8. The summed E-state index contributed by atoms with van der Waals surface area (Å²) in [5.74, 6) is 4.26. The lowest BCUT2D eigenvalue weighted by Crippen LogP contribution is -2.45. The van der Waals surface area contributed by atoms with Crippen molar-refractivity contribution in [2.45, 2.75) is 131 Å². The van der Waals surface area contributed by atoms with Gasteiger partial charge in [-0.2, -0.15) is 0 Å². The highest BCUT2D eigenvalue weighted by Gasteiger charge is 2.45. The number of amidine groups is 2. The van der Waals surface area contributed by atoms with Crippen molar-refractivity contribution in [1.29, 1.82) is 0 Å². The van der Waals surface area contributed by atoms with Crippen molar-refractivity contribution in [3.63, 3.8) is 0 Å². The fraction of sp³-hybridized carbons (Fsp3) is 0.333. The molecule has 0 saturated heterocycles. The lowest BCUT2D eigenvalue weighted by atomic mass is 9.65. The Morgan fingerprint density at radius 3 is 2.55 bits per heavy atom. The minimum atomic E-state index is -0.279. The number of hydrogen-bond acceptors (Lipinski definition) is 6. The van der Waals surface area contributed by atoms with Crippen LogP contribution in [0.15, 0.2) is 171 Å². The molecule has 3 aliphatic heterocycles. The van der Waals surface area contributed by atoms with Gasteiger partial charge in [0, 0.05) is 80.8 Å². The largest absolute Gasteiger partial charge is 0.328 e. The highest BCUT2D eigenvalue weighted by Crippen LogP contribution is 2.58. The Kier molecular flexibility index (Phi) is 11.2. The SMILES string of the molecule is C1=CCCC(C2=NC(c3ccccc3)N=C(C3C=C(c4ccc5sc6c7c(ccc6c5c4)N(C4=CCCC=C4)C4=CC=CCC47)CC[C@@H]3C3CCC4Sc5c(ccc6c5c5c(n6C6=CCCCC6)=CCCC=5)C4C3)N2)=C1. The van der Waals surface area contributed by atoms with Crippen LogP contribution >= 0.6 is 23.1 Å². The number of rotatable bonds is 7. The summed E-state index contributed by atoms with van der Waals surface area (Å²) in [6.45, 7) is 0. The molecule has 6 aromatic rings. The van der Waals surface area contributed by atoms with Crippen molar-refractivity contribution in [2.75, 3.05) is 4.90 Å². The number of thioether (sulfide) groups is 1. The molecule has 10 aliphatic rings. The van der Waals surface area contributed by atoms with E-state index in [-0.39, 0.29) is 12.1 Å². The zero-order chi connectivity index (χ0) is 49.8. The van der Waals surface area contributed by atoms with E-state index in [0.29, 0.717) is 28.9 Å². The van der Waals surface area contributed by atoms with Gasteiger partial charge in [0.25, 0.3) is 0 Å². The van der Waals surface area contributed by atoms with Crippen LogP contribution in [0.3, 0.4) is 0 Å². The summed E-state index contributed by atoms with van der Waals surface area (Å²) in [7, 11) is 0. The van der Waals surface area contributed by atoms with Gasteiger partial charge in [-0.15, -0.1) is 23.1 Å². The molecule has 1 N–H and O–H groups in total. The molecule has 0 bridgehead atoms.